The maximum atomic E-state index is 9.03. The maximum absolute atomic E-state index is 9.03. The van der Waals surface area contributed by atoms with Gasteiger partial charge < -0.3 is 5.11 Å². The van der Waals surface area contributed by atoms with E-state index < -0.39 is 0 Å². The zero-order valence-electron chi connectivity index (χ0n) is 6.76. The highest BCUT2D eigenvalue weighted by atomic mass is 35.5. The molecular formula is C8H14ClNO. The van der Waals surface area contributed by atoms with Crippen molar-refractivity contribution in [3.63, 3.8) is 0 Å². The first-order valence-corrected chi connectivity index (χ1v) is 4.26. The normalized spacial score (nSPS) is 21.5. The summed E-state index contributed by atoms with van der Waals surface area (Å²) in [5, 5.41) is 9.03. The summed E-state index contributed by atoms with van der Waals surface area (Å²) in [6, 6.07) is 0. The van der Waals surface area contributed by atoms with E-state index in [1.165, 1.54) is 5.54 Å². The summed E-state index contributed by atoms with van der Waals surface area (Å²) in [4.78, 5) is 2.14. The van der Waals surface area contributed by atoms with E-state index in [0.717, 1.165) is 19.4 Å². The molecule has 11 heavy (non-hydrogen) atoms. The summed E-state index contributed by atoms with van der Waals surface area (Å²) in [5.74, 6) is 0. The molecule has 0 aromatic heterocycles. The van der Waals surface area contributed by atoms with Crippen LogP contribution in [-0.2, 0) is 0 Å². The Morgan fingerprint density at radius 3 is 2.64 bits per heavy atom. The van der Waals surface area contributed by atoms with Gasteiger partial charge in [0.05, 0.1) is 6.61 Å². The molecular weight excluding hydrogens is 162 g/mol. The number of likely N-dealkylation sites (N-methyl/N-ethyl adjacent to an activating group) is 1. The first kappa shape index (κ1) is 9.04. The van der Waals surface area contributed by atoms with Crippen LogP contribution in [0.1, 0.15) is 12.8 Å². The highest BCUT2D eigenvalue weighted by Crippen LogP contribution is 2.39. The third-order valence-electron chi connectivity index (χ3n) is 2.40. The lowest BCUT2D eigenvalue weighted by molar-refractivity contribution is 0.140. The summed E-state index contributed by atoms with van der Waals surface area (Å²) in [6.45, 7) is 1.09. The van der Waals surface area contributed by atoms with Gasteiger partial charge in [-0.05, 0) is 19.9 Å². The average molecular weight is 176 g/mol. The van der Waals surface area contributed by atoms with Crippen LogP contribution in [0.15, 0.2) is 11.6 Å². The van der Waals surface area contributed by atoms with Crippen molar-refractivity contribution in [1.82, 2.24) is 4.90 Å². The van der Waals surface area contributed by atoms with Crippen molar-refractivity contribution < 1.29 is 5.11 Å². The molecule has 1 fully saturated rings. The smallest absolute Gasteiger partial charge is 0.0615 e. The fourth-order valence-corrected chi connectivity index (χ4v) is 1.28. The molecule has 2 nitrogen and oxygen atoms in total. The highest BCUT2D eigenvalue weighted by molar-refractivity contribution is 6.25. The van der Waals surface area contributed by atoms with Crippen LogP contribution >= 0.6 is 11.6 Å². The Morgan fingerprint density at radius 2 is 2.27 bits per heavy atom. The van der Waals surface area contributed by atoms with Crippen LogP contribution < -0.4 is 0 Å². The van der Waals surface area contributed by atoms with Gasteiger partial charge in [0.1, 0.15) is 0 Å². The largest absolute Gasteiger partial charge is 0.394 e. The summed E-state index contributed by atoms with van der Waals surface area (Å²) >= 11 is 5.39. The standard InChI is InChI=1S/C8H14ClNO/c1-10(6-2-5-9)8(7-11)3-4-8/h2,5,11H,3-4,6-7H2,1H3/b5-2+. The molecule has 0 atom stereocenters. The first-order chi connectivity index (χ1) is 5.25. The Labute approximate surface area is 72.5 Å². The molecule has 0 bridgehead atoms. The van der Waals surface area contributed by atoms with Crippen LogP contribution in [0.5, 0.6) is 0 Å². The van der Waals surface area contributed by atoms with Gasteiger partial charge in [-0.15, -0.1) is 0 Å². The number of nitrogens with zero attached hydrogens (tertiary/aromatic N) is 1. The molecule has 0 aromatic rings. The van der Waals surface area contributed by atoms with Crippen molar-refractivity contribution in [3.05, 3.63) is 11.6 Å². The second kappa shape index (κ2) is 3.57. The summed E-state index contributed by atoms with van der Waals surface area (Å²) in [7, 11) is 2.01. The minimum Gasteiger partial charge on any atom is -0.394 e. The fraction of sp³-hybridized carbons (Fsp3) is 0.750. The second-order valence-electron chi connectivity index (χ2n) is 3.12. The van der Waals surface area contributed by atoms with Crippen molar-refractivity contribution >= 4 is 11.6 Å². The van der Waals surface area contributed by atoms with E-state index >= 15 is 0 Å². The lowest BCUT2D eigenvalue weighted by atomic mass is 10.2. The van der Waals surface area contributed by atoms with Gasteiger partial charge in [-0.3, -0.25) is 4.90 Å². The van der Waals surface area contributed by atoms with E-state index in [1.54, 1.807) is 0 Å². The SMILES string of the molecule is CN(C/C=C/Cl)C1(CO)CC1. The molecule has 0 radical (unpaired) electrons. The van der Waals surface area contributed by atoms with Crippen molar-refractivity contribution in [2.75, 3.05) is 20.2 Å². The molecule has 0 aliphatic heterocycles. The van der Waals surface area contributed by atoms with Crippen LogP contribution in [0.2, 0.25) is 0 Å². The van der Waals surface area contributed by atoms with Crippen molar-refractivity contribution in [2.45, 2.75) is 18.4 Å². The van der Waals surface area contributed by atoms with Crippen LogP contribution in [-0.4, -0.2) is 35.7 Å². The highest BCUT2D eigenvalue weighted by Gasteiger charge is 2.45. The molecule has 0 saturated heterocycles. The molecule has 64 valence electrons. The third kappa shape index (κ3) is 1.95. The molecule has 3 heteroatoms. The fourth-order valence-electron chi connectivity index (χ4n) is 1.20. The molecule has 0 amide bonds. The van der Waals surface area contributed by atoms with Gasteiger partial charge in [0, 0.05) is 17.6 Å². The van der Waals surface area contributed by atoms with Crippen molar-refractivity contribution in [1.29, 1.82) is 0 Å². The molecule has 0 heterocycles. The van der Waals surface area contributed by atoms with E-state index in [4.69, 9.17) is 16.7 Å². The molecule has 0 unspecified atom stereocenters. The number of aliphatic hydroxyl groups excluding tert-OH is 1. The van der Waals surface area contributed by atoms with Crippen molar-refractivity contribution in [2.24, 2.45) is 0 Å². The third-order valence-corrected chi connectivity index (χ3v) is 2.58. The molecule has 1 N–H and O–H groups in total. The molecule has 1 rings (SSSR count). The zero-order valence-corrected chi connectivity index (χ0v) is 7.51. The van der Waals surface area contributed by atoms with E-state index in [0.29, 0.717) is 0 Å². The van der Waals surface area contributed by atoms with Gasteiger partial charge >= 0.3 is 0 Å². The van der Waals surface area contributed by atoms with Crippen LogP contribution in [0.4, 0.5) is 0 Å². The lowest BCUT2D eigenvalue weighted by Gasteiger charge is -2.24. The minimum atomic E-state index is 0.0798. The number of rotatable bonds is 4. The quantitative estimate of drug-likeness (QED) is 0.694. The lowest BCUT2D eigenvalue weighted by Crippen LogP contribution is -2.36. The Bertz CT molecular complexity index is 154. The Balaban J connectivity index is 2.34. The summed E-state index contributed by atoms with van der Waals surface area (Å²) in [6.07, 6.45) is 4.10. The van der Waals surface area contributed by atoms with Gasteiger partial charge in [0.2, 0.25) is 0 Å². The van der Waals surface area contributed by atoms with Crippen LogP contribution in [0.25, 0.3) is 0 Å². The predicted octanol–water partition coefficient (Wildman–Crippen LogP) is 1.20. The molecule has 0 aromatic carbocycles. The molecule has 1 saturated carbocycles. The van der Waals surface area contributed by atoms with Gasteiger partial charge in [-0.25, -0.2) is 0 Å². The Morgan fingerprint density at radius 1 is 1.64 bits per heavy atom. The maximum Gasteiger partial charge on any atom is 0.0615 e. The Kier molecular flexibility index (Phi) is 2.93. The second-order valence-corrected chi connectivity index (χ2v) is 3.38. The number of halogens is 1. The molecule has 0 spiro atoms. The van der Waals surface area contributed by atoms with Crippen molar-refractivity contribution in [3.8, 4) is 0 Å². The topological polar surface area (TPSA) is 23.5 Å². The van der Waals surface area contributed by atoms with Gasteiger partial charge in [0.25, 0.3) is 0 Å². The molecule has 1 aliphatic carbocycles. The monoisotopic (exact) mass is 175 g/mol. The Hall–Kier alpha value is -0.0500. The van der Waals surface area contributed by atoms with Gasteiger partial charge in [-0.1, -0.05) is 17.7 Å². The predicted molar refractivity (Wildman–Crippen MR) is 46.7 cm³/mol. The van der Waals surface area contributed by atoms with E-state index in [9.17, 15) is 0 Å². The summed E-state index contributed by atoms with van der Waals surface area (Å²) in [5.41, 5.74) is 1.60. The minimum absolute atomic E-state index is 0.0798. The van der Waals surface area contributed by atoms with Crippen LogP contribution in [0, 0.1) is 0 Å². The van der Waals surface area contributed by atoms with Crippen LogP contribution in [0.3, 0.4) is 0 Å². The average Bonchev–Trinajstić information content (AvgIpc) is 2.80. The van der Waals surface area contributed by atoms with E-state index in [-0.39, 0.29) is 12.1 Å². The van der Waals surface area contributed by atoms with Gasteiger partial charge in [-0.2, -0.15) is 0 Å². The zero-order chi connectivity index (χ0) is 8.32. The number of aliphatic hydroxyl groups is 1. The van der Waals surface area contributed by atoms with E-state index in [1.807, 2.05) is 13.1 Å². The van der Waals surface area contributed by atoms with Gasteiger partial charge in [0.15, 0.2) is 0 Å². The first-order valence-electron chi connectivity index (χ1n) is 3.82. The number of hydrogen-bond donors (Lipinski definition) is 1. The number of hydrogen-bond acceptors (Lipinski definition) is 2. The summed E-state index contributed by atoms with van der Waals surface area (Å²) < 4.78 is 0. The van der Waals surface area contributed by atoms with E-state index in [2.05, 4.69) is 4.90 Å². The molecule has 1 aliphatic rings.